The van der Waals surface area contributed by atoms with Crippen LogP contribution in [0.3, 0.4) is 0 Å². The lowest BCUT2D eigenvalue weighted by atomic mass is 9.90. The van der Waals surface area contributed by atoms with E-state index in [4.69, 9.17) is 10.8 Å². The second-order valence-electron chi connectivity index (χ2n) is 10.00. The molecule has 5 heterocycles. The fraction of sp³-hybridized carbons (Fsp3) is 0.296. The smallest absolute Gasteiger partial charge is 0.265 e. The number of anilines is 1. The van der Waals surface area contributed by atoms with Gasteiger partial charge in [-0.25, -0.2) is 18.2 Å². The van der Waals surface area contributed by atoms with Gasteiger partial charge in [0, 0.05) is 36.7 Å². The number of rotatable bonds is 5. The molecule has 12 heteroatoms. The highest BCUT2D eigenvalue weighted by molar-refractivity contribution is 6.05. The number of benzene rings is 1. The van der Waals surface area contributed by atoms with Crippen LogP contribution in [-0.2, 0) is 4.79 Å². The standard InChI is InChI=1S/C27H24F3N7O2/c28-20-11-16(2-5-19(20)27(39)34-22-12-15(25(29)30)7-8-33-22)26-35-24(21-13-32-9-10-37(21,26)31)17-1-3-18-4-6-23(38)36(18)14-17/h2,5,7-13,17-18,25H,1,3-4,6,14,31H2/p+1/t17-,18+,37?/m1/s1. The molecule has 4 aliphatic rings. The molecule has 2 amide bonds. The first-order chi connectivity index (χ1) is 18.7. The van der Waals surface area contributed by atoms with Gasteiger partial charge in [0.25, 0.3) is 18.2 Å². The zero-order valence-corrected chi connectivity index (χ0v) is 20.7. The van der Waals surface area contributed by atoms with Crippen molar-refractivity contribution >= 4 is 29.7 Å². The minimum atomic E-state index is -2.73. The number of nitrogens with two attached hydrogens (primary N) is 1. The average molecular weight is 537 g/mol. The van der Waals surface area contributed by atoms with Crippen molar-refractivity contribution in [1.82, 2.24) is 9.88 Å². The lowest BCUT2D eigenvalue weighted by molar-refractivity contribution is -0.750. The van der Waals surface area contributed by atoms with Crippen LogP contribution in [0, 0.1) is 11.7 Å². The number of carbonyl (C=O) groups excluding carboxylic acids is 2. The number of amidine groups is 1. The van der Waals surface area contributed by atoms with Gasteiger partial charge in [-0.1, -0.05) is 0 Å². The molecule has 0 aliphatic carbocycles. The van der Waals surface area contributed by atoms with Crippen molar-refractivity contribution < 1.29 is 27.4 Å². The molecule has 4 aliphatic heterocycles. The van der Waals surface area contributed by atoms with Gasteiger partial charge in [0.1, 0.15) is 23.5 Å². The van der Waals surface area contributed by atoms with Crippen LogP contribution in [0.25, 0.3) is 0 Å². The van der Waals surface area contributed by atoms with Crippen molar-refractivity contribution in [2.75, 3.05) is 11.9 Å². The molecule has 0 saturated carbocycles. The Labute approximate surface area is 221 Å². The second kappa shape index (κ2) is 9.54. The highest BCUT2D eigenvalue weighted by Gasteiger charge is 2.48. The van der Waals surface area contributed by atoms with E-state index in [-0.39, 0.29) is 39.4 Å². The van der Waals surface area contributed by atoms with E-state index in [1.165, 1.54) is 18.2 Å². The summed E-state index contributed by atoms with van der Waals surface area (Å²) in [6.07, 6.45) is 6.40. The first kappa shape index (κ1) is 25.1. The minimum absolute atomic E-state index is 0.0406. The lowest BCUT2D eigenvalue weighted by Gasteiger charge is -2.35. The van der Waals surface area contributed by atoms with E-state index < -0.39 is 18.1 Å². The average Bonchev–Trinajstić information content (AvgIpc) is 3.45. The fourth-order valence-electron chi connectivity index (χ4n) is 5.67. The normalized spacial score (nSPS) is 25.7. The van der Waals surface area contributed by atoms with Crippen molar-refractivity contribution in [3.8, 4) is 0 Å². The van der Waals surface area contributed by atoms with Crippen molar-refractivity contribution in [2.24, 2.45) is 21.7 Å². The summed E-state index contributed by atoms with van der Waals surface area (Å²) in [5, 5.41) is 2.36. The molecule has 2 fully saturated rings. The number of fused-ring (bicyclic) bond motifs is 2. The Morgan fingerprint density at radius 1 is 1.18 bits per heavy atom. The molecule has 0 radical (unpaired) electrons. The summed E-state index contributed by atoms with van der Waals surface area (Å²) in [4.78, 5) is 40.0. The summed E-state index contributed by atoms with van der Waals surface area (Å²) in [5.41, 5.74) is 1.12. The Morgan fingerprint density at radius 3 is 2.82 bits per heavy atom. The van der Waals surface area contributed by atoms with Crippen LogP contribution in [0.4, 0.5) is 19.0 Å². The summed E-state index contributed by atoms with van der Waals surface area (Å²) in [5.74, 6) is 5.46. The fourth-order valence-corrected chi connectivity index (χ4v) is 5.67. The topological polar surface area (TPSA) is 113 Å². The van der Waals surface area contributed by atoms with Gasteiger partial charge in [-0.3, -0.25) is 14.6 Å². The Kier molecular flexibility index (Phi) is 6.15. The van der Waals surface area contributed by atoms with E-state index in [9.17, 15) is 18.4 Å². The molecular formula is C27H25F3N7O2+. The van der Waals surface area contributed by atoms with Crippen molar-refractivity contribution in [3.63, 3.8) is 0 Å². The number of alkyl halides is 2. The molecule has 6 rings (SSSR count). The molecule has 0 bridgehead atoms. The molecule has 1 aromatic heterocycles. The summed E-state index contributed by atoms with van der Waals surface area (Å²) in [6, 6.07) is 6.43. The van der Waals surface area contributed by atoms with E-state index in [1.54, 1.807) is 18.6 Å². The van der Waals surface area contributed by atoms with E-state index in [1.807, 2.05) is 4.90 Å². The first-order valence-electron chi connectivity index (χ1n) is 12.6. The second-order valence-corrected chi connectivity index (χ2v) is 10.00. The number of quaternary nitrogens is 1. The van der Waals surface area contributed by atoms with E-state index >= 15 is 4.39 Å². The maximum Gasteiger partial charge on any atom is 0.265 e. The van der Waals surface area contributed by atoms with Crippen molar-refractivity contribution in [3.05, 3.63) is 82.8 Å². The van der Waals surface area contributed by atoms with Crippen LogP contribution in [0.5, 0.6) is 0 Å². The third-order valence-corrected chi connectivity index (χ3v) is 7.68. The molecule has 2 saturated heterocycles. The molecule has 2 aromatic rings. The third-order valence-electron chi connectivity index (χ3n) is 7.68. The Bertz CT molecular complexity index is 1500. The number of allylic oxidation sites excluding steroid dienone is 1. The van der Waals surface area contributed by atoms with Gasteiger partial charge in [0.2, 0.25) is 11.6 Å². The first-order valence-corrected chi connectivity index (χ1v) is 12.6. The lowest BCUT2D eigenvalue weighted by Crippen LogP contribution is -2.53. The molecular weight excluding hydrogens is 511 g/mol. The van der Waals surface area contributed by atoms with Crippen LogP contribution in [-0.4, -0.2) is 50.9 Å². The maximum atomic E-state index is 15.2. The van der Waals surface area contributed by atoms with E-state index in [0.717, 1.165) is 37.6 Å². The number of amides is 2. The van der Waals surface area contributed by atoms with Crippen LogP contribution in [0.2, 0.25) is 0 Å². The van der Waals surface area contributed by atoms with Gasteiger partial charge in [-0.05, 0) is 49.6 Å². The number of piperidine rings is 1. The number of pyridine rings is 1. The van der Waals surface area contributed by atoms with Crippen LogP contribution in [0.1, 0.15) is 53.6 Å². The van der Waals surface area contributed by atoms with Gasteiger partial charge in [0.15, 0.2) is 0 Å². The summed E-state index contributed by atoms with van der Waals surface area (Å²) < 4.78 is 40.9. The highest BCUT2D eigenvalue weighted by atomic mass is 19.3. The quantitative estimate of drug-likeness (QED) is 0.444. The van der Waals surface area contributed by atoms with E-state index in [0.29, 0.717) is 35.8 Å². The molecule has 9 nitrogen and oxygen atoms in total. The maximum absolute atomic E-state index is 15.2. The molecule has 39 heavy (non-hydrogen) atoms. The molecule has 200 valence electrons. The monoisotopic (exact) mass is 536 g/mol. The number of carbonyl (C=O) groups is 2. The number of halogens is 3. The van der Waals surface area contributed by atoms with Crippen molar-refractivity contribution in [1.29, 1.82) is 0 Å². The number of nitrogens with one attached hydrogen (secondary N) is 1. The van der Waals surface area contributed by atoms with Crippen LogP contribution in [0.15, 0.2) is 70.3 Å². The van der Waals surface area contributed by atoms with Gasteiger partial charge in [0.05, 0.1) is 23.5 Å². The van der Waals surface area contributed by atoms with Crippen molar-refractivity contribution in [2.45, 2.75) is 38.2 Å². The molecule has 3 atom stereocenters. The zero-order chi connectivity index (χ0) is 27.3. The summed E-state index contributed by atoms with van der Waals surface area (Å²) in [6.45, 7) is 0.547. The number of nitrogens with zero attached hydrogens (tertiary/aromatic N) is 5. The molecule has 1 unspecified atom stereocenters. The molecule has 1 aromatic carbocycles. The van der Waals surface area contributed by atoms with Gasteiger partial charge in [-0.15, -0.1) is 4.59 Å². The van der Waals surface area contributed by atoms with Crippen LogP contribution < -0.4 is 11.2 Å². The number of aliphatic imine (C=N–C) groups is 2. The number of aromatic nitrogens is 1. The molecule has 0 spiro atoms. The minimum Gasteiger partial charge on any atom is -0.339 e. The van der Waals surface area contributed by atoms with E-state index in [2.05, 4.69) is 15.3 Å². The third kappa shape index (κ3) is 4.35. The SMILES string of the molecule is N[N+]12C=CN=CC1=C([C@@H]1CC[C@H]3CCC(=O)N3C1)N=C2c1ccc(C(=O)Nc2cc(C(F)F)ccn2)c(F)c1. The number of hydrogen-bond donors (Lipinski definition) is 2. The Hall–Kier alpha value is -4.16. The zero-order valence-electron chi connectivity index (χ0n) is 20.7. The summed E-state index contributed by atoms with van der Waals surface area (Å²) >= 11 is 0. The van der Waals surface area contributed by atoms with Crippen LogP contribution >= 0.6 is 0 Å². The molecule has 3 N–H and O–H groups in total. The van der Waals surface area contributed by atoms with Gasteiger partial charge < -0.3 is 10.2 Å². The predicted octanol–water partition coefficient (Wildman–Crippen LogP) is 4.03. The predicted molar refractivity (Wildman–Crippen MR) is 137 cm³/mol. The van der Waals surface area contributed by atoms with Gasteiger partial charge >= 0.3 is 0 Å². The van der Waals surface area contributed by atoms with Gasteiger partial charge in [-0.2, -0.15) is 10.8 Å². The Morgan fingerprint density at radius 2 is 2.03 bits per heavy atom. The Balaban J connectivity index is 1.28. The highest BCUT2D eigenvalue weighted by Crippen LogP contribution is 2.40. The summed E-state index contributed by atoms with van der Waals surface area (Å²) in [7, 11) is 0. The number of hydrogen-bond acceptors (Lipinski definition) is 6. The largest absolute Gasteiger partial charge is 0.339 e.